The lowest BCUT2D eigenvalue weighted by molar-refractivity contribution is -0.130. The number of hydrogen-bond donors (Lipinski definition) is 2. The Balaban J connectivity index is 2.47. The van der Waals surface area contributed by atoms with E-state index >= 15 is 0 Å². The molecule has 17 heavy (non-hydrogen) atoms. The third-order valence-electron chi connectivity index (χ3n) is 3.37. The van der Waals surface area contributed by atoms with E-state index in [-0.39, 0.29) is 5.91 Å². The summed E-state index contributed by atoms with van der Waals surface area (Å²) in [5, 5.41) is 0. The Hall–Kier alpha value is -0.650. The summed E-state index contributed by atoms with van der Waals surface area (Å²) in [6, 6.07) is 0. The maximum atomic E-state index is 11.6. The molecule has 0 aromatic carbocycles. The largest absolute Gasteiger partial charge is 0.384 e. The van der Waals surface area contributed by atoms with E-state index in [1.165, 1.54) is 12.8 Å². The third-order valence-corrected chi connectivity index (χ3v) is 3.37. The van der Waals surface area contributed by atoms with E-state index in [1.54, 1.807) is 7.11 Å². The van der Waals surface area contributed by atoms with Crippen molar-refractivity contribution in [2.45, 2.75) is 26.7 Å². The highest BCUT2D eigenvalue weighted by molar-refractivity contribution is 5.81. The van der Waals surface area contributed by atoms with E-state index in [2.05, 4.69) is 10.3 Å². The molecule has 0 aliphatic carbocycles. The second kappa shape index (κ2) is 6.33. The number of methoxy groups -OCH3 is 1. The molecule has 1 aliphatic heterocycles. The van der Waals surface area contributed by atoms with Gasteiger partial charge in [0.2, 0.25) is 5.91 Å². The number of likely N-dealkylation sites (tertiary alicyclic amines) is 1. The summed E-state index contributed by atoms with van der Waals surface area (Å²) in [6.45, 7) is 7.47. The number of carbonyl (C=O) groups excluding carboxylic acids is 1. The molecular weight excluding hydrogens is 218 g/mol. The van der Waals surface area contributed by atoms with Gasteiger partial charge in [-0.2, -0.15) is 0 Å². The summed E-state index contributed by atoms with van der Waals surface area (Å²) in [4.78, 5) is 14.0. The molecule has 0 aromatic rings. The van der Waals surface area contributed by atoms with Gasteiger partial charge in [0.1, 0.15) is 0 Å². The van der Waals surface area contributed by atoms with Gasteiger partial charge in [-0.05, 0) is 39.2 Å². The Morgan fingerprint density at radius 3 is 2.88 bits per heavy atom. The number of nitrogens with two attached hydrogens (primary N) is 1. The molecule has 3 N–H and O–H groups in total. The molecule has 0 saturated carbocycles. The average molecular weight is 243 g/mol. The molecule has 1 aliphatic rings. The van der Waals surface area contributed by atoms with Crippen molar-refractivity contribution in [3.8, 4) is 0 Å². The minimum Gasteiger partial charge on any atom is -0.384 e. The predicted octanol–water partition coefficient (Wildman–Crippen LogP) is 0.361. The average Bonchev–Trinajstić information content (AvgIpc) is 2.28. The van der Waals surface area contributed by atoms with E-state index in [0.717, 1.165) is 26.2 Å². The molecule has 1 saturated heterocycles. The van der Waals surface area contributed by atoms with Crippen molar-refractivity contribution in [2.75, 3.05) is 33.4 Å². The number of rotatable bonds is 5. The van der Waals surface area contributed by atoms with Crippen LogP contribution in [-0.2, 0) is 9.53 Å². The van der Waals surface area contributed by atoms with Gasteiger partial charge in [-0.1, -0.05) is 0 Å². The number of hydrogen-bond acceptors (Lipinski definition) is 4. The minimum absolute atomic E-state index is 0.105. The Labute approximate surface area is 104 Å². The quantitative estimate of drug-likeness (QED) is 0.416. The lowest BCUT2D eigenvalue weighted by Gasteiger charge is -2.36. The molecule has 1 atom stereocenters. The highest BCUT2D eigenvalue weighted by atomic mass is 16.5. The zero-order valence-corrected chi connectivity index (χ0v) is 11.2. The molecule has 100 valence electrons. The number of nitrogens with zero attached hydrogens (tertiary/aromatic N) is 1. The second-order valence-corrected chi connectivity index (χ2v) is 5.56. The van der Waals surface area contributed by atoms with Crippen LogP contribution in [0.15, 0.2) is 0 Å². The molecule has 0 aromatic heterocycles. The van der Waals surface area contributed by atoms with Gasteiger partial charge in [0, 0.05) is 20.2 Å². The molecule has 1 heterocycles. The molecule has 1 amide bonds. The van der Waals surface area contributed by atoms with Gasteiger partial charge in [-0.3, -0.25) is 10.2 Å². The SMILES string of the molecule is COCC1CCCN(CC(C)(C)C(=O)NN)C1. The van der Waals surface area contributed by atoms with Crippen LogP contribution in [0, 0.1) is 11.3 Å². The molecule has 5 heteroatoms. The van der Waals surface area contributed by atoms with Gasteiger partial charge in [-0.25, -0.2) is 5.84 Å². The van der Waals surface area contributed by atoms with Crippen LogP contribution in [0.25, 0.3) is 0 Å². The number of nitrogens with one attached hydrogen (secondary N) is 1. The molecule has 1 rings (SSSR count). The fraction of sp³-hybridized carbons (Fsp3) is 0.917. The van der Waals surface area contributed by atoms with Crippen molar-refractivity contribution in [3.63, 3.8) is 0 Å². The van der Waals surface area contributed by atoms with Crippen LogP contribution < -0.4 is 11.3 Å². The molecule has 0 radical (unpaired) electrons. The highest BCUT2D eigenvalue weighted by Crippen LogP contribution is 2.22. The fourth-order valence-electron chi connectivity index (χ4n) is 2.49. The minimum atomic E-state index is -0.441. The zero-order chi connectivity index (χ0) is 12.9. The first-order chi connectivity index (χ1) is 7.99. The smallest absolute Gasteiger partial charge is 0.240 e. The monoisotopic (exact) mass is 243 g/mol. The van der Waals surface area contributed by atoms with Crippen LogP contribution in [-0.4, -0.2) is 44.2 Å². The number of piperidine rings is 1. The Morgan fingerprint density at radius 2 is 2.29 bits per heavy atom. The molecular formula is C12H25N3O2. The first kappa shape index (κ1) is 14.4. The molecule has 5 nitrogen and oxygen atoms in total. The summed E-state index contributed by atoms with van der Waals surface area (Å²) in [5.41, 5.74) is 1.80. The van der Waals surface area contributed by atoms with Gasteiger partial charge in [0.25, 0.3) is 0 Å². The van der Waals surface area contributed by atoms with Crippen molar-refractivity contribution < 1.29 is 9.53 Å². The van der Waals surface area contributed by atoms with Gasteiger partial charge < -0.3 is 9.64 Å². The zero-order valence-electron chi connectivity index (χ0n) is 11.2. The van der Waals surface area contributed by atoms with Gasteiger partial charge in [-0.15, -0.1) is 0 Å². The fourth-order valence-corrected chi connectivity index (χ4v) is 2.49. The Morgan fingerprint density at radius 1 is 1.59 bits per heavy atom. The van der Waals surface area contributed by atoms with Crippen molar-refractivity contribution >= 4 is 5.91 Å². The van der Waals surface area contributed by atoms with Crippen LogP contribution in [0.3, 0.4) is 0 Å². The third kappa shape index (κ3) is 4.26. The predicted molar refractivity (Wildman–Crippen MR) is 67.2 cm³/mol. The van der Waals surface area contributed by atoms with E-state index < -0.39 is 5.41 Å². The van der Waals surface area contributed by atoms with E-state index in [1.807, 2.05) is 13.8 Å². The summed E-state index contributed by atoms with van der Waals surface area (Å²) in [7, 11) is 1.74. The van der Waals surface area contributed by atoms with Crippen LogP contribution >= 0.6 is 0 Å². The standard InChI is InChI=1S/C12H25N3O2/c1-12(2,11(16)14-13)9-15-6-4-5-10(7-15)8-17-3/h10H,4-9,13H2,1-3H3,(H,14,16). The number of amides is 1. The number of carbonyl (C=O) groups is 1. The highest BCUT2D eigenvalue weighted by Gasteiger charge is 2.31. The van der Waals surface area contributed by atoms with Crippen molar-refractivity contribution in [3.05, 3.63) is 0 Å². The van der Waals surface area contributed by atoms with E-state index in [4.69, 9.17) is 10.6 Å². The normalized spacial score (nSPS) is 22.5. The van der Waals surface area contributed by atoms with Gasteiger partial charge in [0.15, 0.2) is 0 Å². The van der Waals surface area contributed by atoms with E-state index in [0.29, 0.717) is 5.92 Å². The molecule has 0 spiro atoms. The molecule has 1 unspecified atom stereocenters. The molecule has 1 fully saturated rings. The topological polar surface area (TPSA) is 67.6 Å². The van der Waals surface area contributed by atoms with Crippen molar-refractivity contribution in [1.82, 2.24) is 10.3 Å². The summed E-state index contributed by atoms with van der Waals surface area (Å²) in [6.07, 6.45) is 2.39. The lowest BCUT2D eigenvalue weighted by atomic mass is 9.89. The van der Waals surface area contributed by atoms with Gasteiger partial charge in [0.05, 0.1) is 12.0 Å². The number of hydrazine groups is 1. The van der Waals surface area contributed by atoms with E-state index in [9.17, 15) is 4.79 Å². The van der Waals surface area contributed by atoms with Crippen LogP contribution in [0.5, 0.6) is 0 Å². The van der Waals surface area contributed by atoms with Crippen LogP contribution in [0.1, 0.15) is 26.7 Å². The maximum absolute atomic E-state index is 11.6. The summed E-state index contributed by atoms with van der Waals surface area (Å²) in [5.74, 6) is 5.68. The first-order valence-corrected chi connectivity index (χ1v) is 6.22. The Kier molecular flexibility index (Phi) is 5.36. The second-order valence-electron chi connectivity index (χ2n) is 5.56. The van der Waals surface area contributed by atoms with Crippen LogP contribution in [0.4, 0.5) is 0 Å². The van der Waals surface area contributed by atoms with Crippen molar-refractivity contribution in [1.29, 1.82) is 0 Å². The Bertz CT molecular complexity index is 254. The maximum Gasteiger partial charge on any atom is 0.240 e. The molecule has 0 bridgehead atoms. The number of ether oxygens (including phenoxy) is 1. The summed E-state index contributed by atoms with van der Waals surface area (Å²) < 4.78 is 5.20. The first-order valence-electron chi connectivity index (χ1n) is 6.22. The summed E-state index contributed by atoms with van der Waals surface area (Å²) >= 11 is 0. The lowest BCUT2D eigenvalue weighted by Crippen LogP contribution is -2.49. The van der Waals surface area contributed by atoms with Crippen molar-refractivity contribution in [2.24, 2.45) is 17.2 Å². The van der Waals surface area contributed by atoms with Crippen LogP contribution in [0.2, 0.25) is 0 Å². The van der Waals surface area contributed by atoms with Gasteiger partial charge >= 0.3 is 0 Å².